The van der Waals surface area contributed by atoms with E-state index in [1.165, 1.54) is 6.33 Å². The summed E-state index contributed by atoms with van der Waals surface area (Å²) in [6, 6.07) is 3.25. The first-order valence-electron chi connectivity index (χ1n) is 5.70. The predicted molar refractivity (Wildman–Crippen MR) is 80.5 cm³/mol. The Labute approximate surface area is 124 Å². The van der Waals surface area contributed by atoms with Crippen molar-refractivity contribution in [3.8, 4) is 0 Å². The zero-order valence-electron chi connectivity index (χ0n) is 10.4. The van der Waals surface area contributed by atoms with Crippen molar-refractivity contribution in [1.29, 1.82) is 0 Å². The van der Waals surface area contributed by atoms with Gasteiger partial charge < -0.3 is 11.1 Å². The van der Waals surface area contributed by atoms with Gasteiger partial charge in [0.2, 0.25) is 0 Å². The van der Waals surface area contributed by atoms with Gasteiger partial charge in [0, 0.05) is 7.05 Å². The molecule has 3 N–H and O–H groups in total. The lowest BCUT2D eigenvalue weighted by Crippen LogP contribution is -1.98. The van der Waals surface area contributed by atoms with Crippen LogP contribution in [0.4, 0.5) is 17.2 Å². The van der Waals surface area contributed by atoms with Crippen molar-refractivity contribution < 1.29 is 0 Å². The van der Waals surface area contributed by atoms with E-state index in [1.54, 1.807) is 23.0 Å². The van der Waals surface area contributed by atoms with E-state index in [9.17, 15) is 0 Å². The van der Waals surface area contributed by atoms with Crippen molar-refractivity contribution in [1.82, 2.24) is 19.7 Å². The average Bonchev–Trinajstić information content (AvgIpc) is 2.79. The van der Waals surface area contributed by atoms with E-state index >= 15 is 0 Å². The summed E-state index contributed by atoms with van der Waals surface area (Å²) in [5.74, 6) is 0.603. The molecule has 0 fully saturated rings. The van der Waals surface area contributed by atoms with Crippen LogP contribution in [-0.2, 0) is 7.05 Å². The number of anilines is 3. The quantitative estimate of drug-likeness (QED) is 0.711. The SMILES string of the molecule is Cn1ncc2c(Nc3cc(N)c(Cl)cc3Cl)ncnc21. The molecule has 2 aromatic heterocycles. The van der Waals surface area contributed by atoms with E-state index in [1.807, 2.05) is 7.05 Å². The highest BCUT2D eigenvalue weighted by atomic mass is 35.5. The zero-order chi connectivity index (χ0) is 14.3. The first-order chi connectivity index (χ1) is 9.56. The van der Waals surface area contributed by atoms with Crippen LogP contribution in [0.3, 0.4) is 0 Å². The predicted octanol–water partition coefficient (Wildman–Crippen LogP) is 3.00. The van der Waals surface area contributed by atoms with Crippen LogP contribution in [0.25, 0.3) is 11.0 Å². The minimum Gasteiger partial charge on any atom is -0.397 e. The molecule has 3 aromatic rings. The van der Waals surface area contributed by atoms with Crippen LogP contribution in [0.2, 0.25) is 10.0 Å². The summed E-state index contributed by atoms with van der Waals surface area (Å²) in [6.45, 7) is 0. The van der Waals surface area contributed by atoms with E-state index in [2.05, 4.69) is 20.4 Å². The van der Waals surface area contributed by atoms with Crippen LogP contribution in [-0.4, -0.2) is 19.7 Å². The van der Waals surface area contributed by atoms with E-state index < -0.39 is 0 Å². The maximum Gasteiger partial charge on any atom is 0.163 e. The summed E-state index contributed by atoms with van der Waals surface area (Å²) in [5.41, 5.74) is 7.57. The summed E-state index contributed by atoms with van der Waals surface area (Å²) < 4.78 is 1.67. The number of hydrogen-bond acceptors (Lipinski definition) is 5. The molecule has 2 heterocycles. The molecular formula is C12H10Cl2N6. The van der Waals surface area contributed by atoms with Gasteiger partial charge in [-0.25, -0.2) is 9.97 Å². The molecule has 0 amide bonds. The second-order valence-corrected chi connectivity index (χ2v) is 5.02. The van der Waals surface area contributed by atoms with Crippen LogP contribution >= 0.6 is 23.2 Å². The highest BCUT2D eigenvalue weighted by Crippen LogP contribution is 2.33. The average molecular weight is 309 g/mol. The maximum atomic E-state index is 6.14. The molecule has 0 saturated heterocycles. The normalized spacial score (nSPS) is 10.9. The van der Waals surface area contributed by atoms with Gasteiger partial charge in [0.05, 0.1) is 33.0 Å². The molecule has 0 radical (unpaired) electrons. The third kappa shape index (κ3) is 2.13. The van der Waals surface area contributed by atoms with E-state index in [4.69, 9.17) is 28.9 Å². The second kappa shape index (κ2) is 4.81. The Morgan fingerprint density at radius 1 is 1.20 bits per heavy atom. The molecule has 102 valence electrons. The second-order valence-electron chi connectivity index (χ2n) is 4.21. The third-order valence-corrected chi connectivity index (χ3v) is 3.51. The number of nitrogen functional groups attached to an aromatic ring is 1. The number of hydrogen-bond donors (Lipinski definition) is 2. The van der Waals surface area contributed by atoms with Gasteiger partial charge in [-0.2, -0.15) is 5.10 Å². The Balaban J connectivity index is 2.08. The van der Waals surface area contributed by atoms with Crippen molar-refractivity contribution in [2.75, 3.05) is 11.1 Å². The number of aryl methyl sites for hydroxylation is 1. The molecule has 20 heavy (non-hydrogen) atoms. The Kier molecular flexibility index (Phi) is 3.11. The Morgan fingerprint density at radius 2 is 2.00 bits per heavy atom. The first kappa shape index (κ1) is 13.0. The van der Waals surface area contributed by atoms with Crippen LogP contribution < -0.4 is 11.1 Å². The number of rotatable bonds is 2. The lowest BCUT2D eigenvalue weighted by atomic mass is 10.2. The van der Waals surface area contributed by atoms with E-state index in [-0.39, 0.29) is 0 Å². The number of fused-ring (bicyclic) bond motifs is 1. The molecule has 0 aliphatic rings. The summed E-state index contributed by atoms with van der Waals surface area (Å²) in [7, 11) is 1.81. The Hall–Kier alpha value is -2.05. The van der Waals surface area contributed by atoms with Crippen LogP contribution in [0.5, 0.6) is 0 Å². The van der Waals surface area contributed by atoms with Crippen LogP contribution in [0.15, 0.2) is 24.7 Å². The van der Waals surface area contributed by atoms with Gasteiger partial charge in [-0.3, -0.25) is 4.68 Å². The number of nitrogens with zero attached hydrogens (tertiary/aromatic N) is 4. The van der Waals surface area contributed by atoms with Crippen molar-refractivity contribution in [3.63, 3.8) is 0 Å². The third-order valence-electron chi connectivity index (χ3n) is 2.87. The molecule has 1 aromatic carbocycles. The molecule has 6 nitrogen and oxygen atoms in total. The fourth-order valence-corrected chi connectivity index (χ4v) is 2.28. The van der Waals surface area contributed by atoms with Crippen LogP contribution in [0, 0.1) is 0 Å². The van der Waals surface area contributed by atoms with Gasteiger partial charge in [-0.15, -0.1) is 0 Å². The molecule has 3 rings (SSSR count). The lowest BCUT2D eigenvalue weighted by molar-refractivity contribution is 0.785. The first-order valence-corrected chi connectivity index (χ1v) is 6.46. The van der Waals surface area contributed by atoms with E-state index in [0.717, 1.165) is 11.0 Å². The number of aromatic nitrogens is 4. The fourth-order valence-electron chi connectivity index (χ4n) is 1.85. The Bertz CT molecular complexity index is 798. The molecular weight excluding hydrogens is 299 g/mol. The van der Waals surface area contributed by atoms with Crippen molar-refractivity contribution in [2.24, 2.45) is 7.05 Å². The molecule has 0 unspecified atom stereocenters. The van der Waals surface area contributed by atoms with Crippen molar-refractivity contribution >= 4 is 51.4 Å². The number of nitrogens with one attached hydrogen (secondary N) is 1. The molecule has 0 atom stereocenters. The molecule has 0 bridgehead atoms. The largest absolute Gasteiger partial charge is 0.397 e. The smallest absolute Gasteiger partial charge is 0.163 e. The highest BCUT2D eigenvalue weighted by Gasteiger charge is 2.11. The number of halogens is 2. The van der Waals surface area contributed by atoms with Gasteiger partial charge >= 0.3 is 0 Å². The van der Waals surface area contributed by atoms with Gasteiger partial charge in [-0.1, -0.05) is 23.2 Å². The van der Waals surface area contributed by atoms with Gasteiger partial charge in [-0.05, 0) is 12.1 Å². The Morgan fingerprint density at radius 3 is 2.80 bits per heavy atom. The highest BCUT2D eigenvalue weighted by molar-refractivity contribution is 6.38. The molecule has 0 spiro atoms. The number of benzene rings is 1. The van der Waals surface area contributed by atoms with Crippen LogP contribution in [0.1, 0.15) is 0 Å². The summed E-state index contributed by atoms with van der Waals surface area (Å²) in [4.78, 5) is 8.37. The lowest BCUT2D eigenvalue weighted by Gasteiger charge is -2.10. The number of nitrogens with two attached hydrogens (primary N) is 1. The summed E-state index contributed by atoms with van der Waals surface area (Å²) in [5, 5.41) is 8.93. The zero-order valence-corrected chi connectivity index (χ0v) is 11.9. The summed E-state index contributed by atoms with van der Waals surface area (Å²) >= 11 is 12.1. The molecule has 0 saturated carbocycles. The van der Waals surface area contributed by atoms with Crippen molar-refractivity contribution in [2.45, 2.75) is 0 Å². The monoisotopic (exact) mass is 308 g/mol. The molecule has 0 aliphatic heterocycles. The van der Waals surface area contributed by atoms with Gasteiger partial charge in [0.15, 0.2) is 5.65 Å². The molecule has 8 heteroatoms. The standard InChI is InChI=1S/C12H10Cl2N6/c1-20-12-6(4-18-20)11(16-5-17-12)19-10-3-9(15)7(13)2-8(10)14/h2-5H,15H2,1H3,(H,16,17,19). The fraction of sp³-hybridized carbons (Fsp3) is 0.0833. The van der Waals surface area contributed by atoms with Crippen molar-refractivity contribution in [3.05, 3.63) is 34.7 Å². The summed E-state index contributed by atoms with van der Waals surface area (Å²) in [6.07, 6.45) is 3.14. The minimum absolute atomic E-state index is 0.412. The van der Waals surface area contributed by atoms with Gasteiger partial charge in [0.25, 0.3) is 0 Å². The van der Waals surface area contributed by atoms with E-state index in [0.29, 0.717) is 27.2 Å². The topological polar surface area (TPSA) is 81.7 Å². The van der Waals surface area contributed by atoms with Gasteiger partial charge in [0.1, 0.15) is 12.1 Å². The molecule has 0 aliphatic carbocycles. The minimum atomic E-state index is 0.412. The maximum absolute atomic E-state index is 6.14.